The van der Waals surface area contributed by atoms with Crippen LogP contribution in [0.3, 0.4) is 0 Å². The second-order valence-electron chi connectivity index (χ2n) is 3.38. The van der Waals surface area contributed by atoms with Crippen LogP contribution in [0.4, 0.5) is 0 Å². The first-order valence-corrected chi connectivity index (χ1v) is 4.47. The van der Waals surface area contributed by atoms with E-state index in [1.54, 1.807) is 7.05 Å². The van der Waals surface area contributed by atoms with Crippen molar-refractivity contribution in [3.63, 3.8) is 0 Å². The lowest BCUT2D eigenvalue weighted by Gasteiger charge is -2.05. The van der Waals surface area contributed by atoms with Crippen LogP contribution in [0.15, 0.2) is 15.8 Å². The van der Waals surface area contributed by atoms with Crippen LogP contribution < -0.4 is 17.0 Å². The molecule has 1 aromatic heterocycles. The number of primary amides is 1. The third-order valence-electron chi connectivity index (χ3n) is 2.16. The first-order valence-electron chi connectivity index (χ1n) is 4.47. The molecule has 1 amide bonds. The highest BCUT2D eigenvalue weighted by Crippen LogP contribution is 1.93. The van der Waals surface area contributed by atoms with Gasteiger partial charge in [-0.15, -0.1) is 0 Å². The summed E-state index contributed by atoms with van der Waals surface area (Å²) in [6.07, 6.45) is 1.80. The van der Waals surface area contributed by atoms with Gasteiger partial charge in [0, 0.05) is 32.3 Å². The van der Waals surface area contributed by atoms with Crippen LogP contribution in [-0.4, -0.2) is 15.0 Å². The summed E-state index contributed by atoms with van der Waals surface area (Å²) in [5.74, 6) is -0.467. The highest BCUT2D eigenvalue weighted by atomic mass is 17.1. The minimum Gasteiger partial charge on any atom is -0.370 e. The van der Waals surface area contributed by atoms with Crippen molar-refractivity contribution in [3.05, 3.63) is 32.6 Å². The van der Waals surface area contributed by atoms with Crippen molar-refractivity contribution >= 4 is 5.91 Å². The molecule has 1 aromatic rings. The minimum absolute atomic E-state index is 0.105. The van der Waals surface area contributed by atoms with Gasteiger partial charge in [0.1, 0.15) is 0 Å². The fourth-order valence-corrected chi connectivity index (χ4v) is 1.31. The van der Waals surface area contributed by atoms with Crippen molar-refractivity contribution in [2.24, 2.45) is 19.8 Å². The van der Waals surface area contributed by atoms with E-state index >= 15 is 0 Å². The Hall–Kier alpha value is -1.85. The molecule has 2 N–H and O–H groups in total. The highest BCUT2D eigenvalue weighted by Gasteiger charge is 2.07. The molecule has 0 aliphatic carbocycles. The summed E-state index contributed by atoms with van der Waals surface area (Å²) in [5.41, 5.74) is 4.63. The van der Waals surface area contributed by atoms with Crippen LogP contribution in [-0.2, 0) is 25.3 Å². The average Bonchev–Trinajstić information content (AvgIpc) is 2.18. The molecule has 0 saturated heterocycles. The number of carbonyl (C=O) groups is 1. The molecule has 1 rings (SSSR count). The Balaban J connectivity index is 3.16. The van der Waals surface area contributed by atoms with Crippen LogP contribution >= 0.6 is 0 Å². The van der Waals surface area contributed by atoms with Gasteiger partial charge >= 0.3 is 5.69 Å². The molecular weight excluding hydrogens is 199 g/mol. The Morgan fingerprint density at radius 2 is 2.13 bits per heavy atom. The van der Waals surface area contributed by atoms with Crippen LogP contribution in [0.25, 0.3) is 0 Å². The zero-order valence-electron chi connectivity index (χ0n) is 8.69. The number of rotatable bonds is 3. The predicted octanol–water partition coefficient (Wildman–Crippen LogP) is -1.50. The molecule has 0 bridgehead atoms. The van der Waals surface area contributed by atoms with E-state index in [1.165, 1.54) is 17.8 Å². The lowest BCUT2D eigenvalue weighted by molar-refractivity contribution is -0.117. The maximum absolute atomic E-state index is 11.6. The number of amides is 1. The number of nitrogens with two attached hydrogens (primary N) is 1. The zero-order chi connectivity index (χ0) is 11.6. The summed E-state index contributed by atoms with van der Waals surface area (Å²) in [5, 5.41) is 0. The maximum atomic E-state index is 11.6. The second-order valence-corrected chi connectivity index (χ2v) is 3.38. The monoisotopic (exact) mass is 212 g/mol. The Kier molecular flexibility index (Phi) is 3.08. The van der Waals surface area contributed by atoms with Crippen molar-refractivity contribution in [1.29, 1.82) is 0 Å². The molecule has 82 valence electrons. The standard InChI is InChI=1S/C9H13N3O3/c1-11-5-6(3-4-7(10)13)8(14)12(2)9(11)15/h5H,3-4H2,1-2H3,(H2,10,13)/i14+1. The number of hydrogen-bond donors (Lipinski definition) is 1. The van der Waals surface area contributed by atoms with Crippen LogP contribution in [0.2, 0.25) is 0 Å². The Bertz CT molecular complexity index is 498. The van der Waals surface area contributed by atoms with Crippen molar-refractivity contribution in [1.82, 2.24) is 9.13 Å². The lowest BCUT2D eigenvalue weighted by Crippen LogP contribution is -2.38. The molecule has 0 saturated carbocycles. The lowest BCUT2D eigenvalue weighted by atomic mass is 10.2. The largest absolute Gasteiger partial charge is 0.370 e. The average molecular weight is 212 g/mol. The number of hydrogen-bond acceptors (Lipinski definition) is 3. The van der Waals surface area contributed by atoms with Gasteiger partial charge < -0.3 is 10.3 Å². The molecule has 0 radical (unpaired) electrons. The summed E-state index contributed by atoms with van der Waals surface area (Å²) < 4.78 is 2.31. The fraction of sp³-hybridized carbons (Fsp3) is 0.444. The van der Waals surface area contributed by atoms with Gasteiger partial charge in [-0.3, -0.25) is 14.2 Å². The van der Waals surface area contributed by atoms with Gasteiger partial charge in [-0.1, -0.05) is 0 Å². The van der Waals surface area contributed by atoms with E-state index in [4.69, 9.17) is 5.73 Å². The van der Waals surface area contributed by atoms with Gasteiger partial charge in [-0.25, -0.2) is 4.79 Å². The predicted molar refractivity (Wildman–Crippen MR) is 54.4 cm³/mol. The number of nitrogens with zero attached hydrogens (tertiary/aromatic N) is 2. The van der Waals surface area contributed by atoms with E-state index in [0.29, 0.717) is 5.56 Å². The molecule has 0 spiro atoms. The van der Waals surface area contributed by atoms with E-state index in [-0.39, 0.29) is 24.1 Å². The first-order chi connectivity index (χ1) is 6.93. The Morgan fingerprint density at radius 3 is 2.67 bits per heavy atom. The van der Waals surface area contributed by atoms with Gasteiger partial charge in [0.2, 0.25) is 5.91 Å². The van der Waals surface area contributed by atoms with Gasteiger partial charge in [0.25, 0.3) is 5.56 Å². The van der Waals surface area contributed by atoms with E-state index in [0.717, 1.165) is 4.57 Å². The van der Waals surface area contributed by atoms with Crippen LogP contribution in [0, 0.1) is 0 Å². The topological polar surface area (TPSA) is 87.1 Å². The van der Waals surface area contributed by atoms with Crippen molar-refractivity contribution in [3.8, 4) is 0 Å². The van der Waals surface area contributed by atoms with Crippen molar-refractivity contribution in [2.45, 2.75) is 12.8 Å². The molecule has 0 atom stereocenters. The van der Waals surface area contributed by atoms with Gasteiger partial charge in [-0.05, 0) is 6.42 Å². The van der Waals surface area contributed by atoms with E-state index in [2.05, 4.69) is 0 Å². The molecule has 0 aliphatic rings. The second kappa shape index (κ2) is 4.12. The van der Waals surface area contributed by atoms with Gasteiger partial charge in [0.15, 0.2) is 0 Å². The number of carbonyl (C=O) groups excluding carboxylic acids is 1. The quantitative estimate of drug-likeness (QED) is 0.661. The summed E-state index contributed by atoms with van der Waals surface area (Å²) in [6.45, 7) is 0. The number of aryl methyl sites for hydroxylation is 2. The Morgan fingerprint density at radius 1 is 1.53 bits per heavy atom. The zero-order valence-corrected chi connectivity index (χ0v) is 8.69. The van der Waals surface area contributed by atoms with E-state index in [1.807, 2.05) is 0 Å². The van der Waals surface area contributed by atoms with E-state index < -0.39 is 5.91 Å². The molecule has 15 heavy (non-hydrogen) atoms. The summed E-state index contributed by atoms with van der Waals surface area (Å²) in [4.78, 5) is 33.4. The van der Waals surface area contributed by atoms with Crippen LogP contribution in [0.5, 0.6) is 0 Å². The van der Waals surface area contributed by atoms with Crippen molar-refractivity contribution < 1.29 is 4.79 Å². The molecular formula is C9H13N3O3. The SMILES string of the molecule is Cn1cc(CCC(N)=O)c(=[17O])n(C)c1=O. The van der Waals surface area contributed by atoms with Crippen molar-refractivity contribution in [2.75, 3.05) is 0 Å². The van der Waals surface area contributed by atoms with Gasteiger partial charge in [-0.2, -0.15) is 0 Å². The minimum atomic E-state index is -0.467. The molecule has 0 unspecified atom stereocenters. The fourth-order valence-electron chi connectivity index (χ4n) is 1.31. The number of aromatic nitrogens is 2. The summed E-state index contributed by atoms with van der Waals surface area (Å²) in [6, 6.07) is 0. The summed E-state index contributed by atoms with van der Waals surface area (Å²) in [7, 11) is 2.95. The third kappa shape index (κ3) is 2.34. The molecule has 6 heteroatoms. The third-order valence-corrected chi connectivity index (χ3v) is 2.16. The molecule has 0 aromatic carbocycles. The molecule has 6 nitrogen and oxygen atoms in total. The normalized spacial score (nSPS) is 10.3. The van der Waals surface area contributed by atoms with Gasteiger partial charge in [0.05, 0.1) is 0 Å². The first kappa shape index (κ1) is 11.2. The molecule has 0 aliphatic heterocycles. The highest BCUT2D eigenvalue weighted by molar-refractivity contribution is 5.73. The molecule has 1 heterocycles. The maximum Gasteiger partial charge on any atom is 0.330 e. The van der Waals surface area contributed by atoms with E-state index in [9.17, 15) is 14.4 Å². The summed E-state index contributed by atoms with van der Waals surface area (Å²) >= 11 is 0. The Labute approximate surface area is 85.9 Å². The smallest absolute Gasteiger partial charge is 0.330 e. The molecule has 0 fully saturated rings. The van der Waals surface area contributed by atoms with Crippen LogP contribution in [0.1, 0.15) is 12.0 Å².